The van der Waals surface area contributed by atoms with Gasteiger partial charge in [-0.2, -0.15) is 0 Å². The summed E-state index contributed by atoms with van der Waals surface area (Å²) in [6.45, 7) is 8.62. The summed E-state index contributed by atoms with van der Waals surface area (Å²) in [4.78, 5) is 12.4. The average Bonchev–Trinajstić information content (AvgIpc) is 2.66. The van der Waals surface area contributed by atoms with E-state index < -0.39 is 11.2 Å². The Morgan fingerprint density at radius 3 is 2.21 bits per heavy atom. The highest BCUT2D eigenvalue weighted by Crippen LogP contribution is 2.37. The van der Waals surface area contributed by atoms with Crippen molar-refractivity contribution in [1.29, 1.82) is 0 Å². The third kappa shape index (κ3) is 6.98. The maximum Gasteiger partial charge on any atom is 0.383 e. The molecule has 0 amide bonds. The summed E-state index contributed by atoms with van der Waals surface area (Å²) in [5.74, 6) is 1.05. The van der Waals surface area contributed by atoms with E-state index in [1.807, 2.05) is 32.9 Å². The maximum atomic E-state index is 12.4. The Labute approximate surface area is 174 Å². The highest BCUT2D eigenvalue weighted by molar-refractivity contribution is 5.89. The monoisotopic (exact) mass is 404 g/mol. The van der Waals surface area contributed by atoms with E-state index >= 15 is 0 Å². The number of benzene rings is 1. The lowest BCUT2D eigenvalue weighted by molar-refractivity contribution is 0.131. The van der Waals surface area contributed by atoms with E-state index in [-0.39, 0.29) is 5.75 Å². The number of hydrogen-bond donors (Lipinski definition) is 0. The largest absolute Gasteiger partial charge is 0.489 e. The molecule has 1 heterocycles. The van der Waals surface area contributed by atoms with Crippen LogP contribution in [0.5, 0.6) is 17.2 Å². The lowest BCUT2D eigenvalue weighted by Gasteiger charge is -2.22. The van der Waals surface area contributed by atoms with Crippen molar-refractivity contribution in [3.63, 3.8) is 0 Å². The van der Waals surface area contributed by atoms with Gasteiger partial charge in [-0.1, -0.05) is 57.9 Å². The number of rotatable bonds is 12. The molecule has 1 aromatic heterocycles. The molecule has 0 fully saturated rings. The van der Waals surface area contributed by atoms with Crippen LogP contribution in [0, 0.1) is 0 Å². The Balaban J connectivity index is 2.09. The molecule has 0 aliphatic rings. The van der Waals surface area contributed by atoms with E-state index in [9.17, 15) is 4.79 Å². The van der Waals surface area contributed by atoms with Crippen LogP contribution in [-0.2, 0) is 0 Å². The molecule has 5 heteroatoms. The molecule has 5 nitrogen and oxygen atoms in total. The number of para-hydroxylation sites is 1. The van der Waals surface area contributed by atoms with Crippen molar-refractivity contribution >= 4 is 11.0 Å². The minimum Gasteiger partial charge on any atom is -0.489 e. The summed E-state index contributed by atoms with van der Waals surface area (Å²) in [6, 6.07) is 5.52. The minimum atomic E-state index is -0.559. The predicted octanol–water partition coefficient (Wildman–Crippen LogP) is 6.50. The zero-order valence-corrected chi connectivity index (χ0v) is 18.6. The fourth-order valence-corrected chi connectivity index (χ4v) is 3.29. The third-order valence-corrected chi connectivity index (χ3v) is 4.67. The maximum absolute atomic E-state index is 12.4. The molecule has 0 atom stereocenters. The van der Waals surface area contributed by atoms with Gasteiger partial charge in [-0.3, -0.25) is 0 Å². The van der Waals surface area contributed by atoms with E-state index in [1.54, 1.807) is 6.07 Å². The van der Waals surface area contributed by atoms with Gasteiger partial charge in [-0.15, -0.1) is 0 Å². The van der Waals surface area contributed by atoms with E-state index in [1.165, 1.54) is 45.6 Å². The molecule has 0 saturated carbocycles. The molecule has 0 aliphatic carbocycles. The second-order valence-corrected chi connectivity index (χ2v) is 8.42. The van der Waals surface area contributed by atoms with Crippen LogP contribution in [0.4, 0.5) is 0 Å². The van der Waals surface area contributed by atoms with Gasteiger partial charge in [0.05, 0.1) is 19.1 Å². The smallest absolute Gasteiger partial charge is 0.383 e. The van der Waals surface area contributed by atoms with Crippen LogP contribution in [0.25, 0.3) is 11.0 Å². The Bertz CT molecular complexity index is 816. The van der Waals surface area contributed by atoms with E-state index in [2.05, 4.69) is 6.92 Å². The highest BCUT2D eigenvalue weighted by Gasteiger charge is 2.21. The summed E-state index contributed by atoms with van der Waals surface area (Å²) in [5.41, 5.74) is -0.583. The second kappa shape index (κ2) is 11.1. The van der Waals surface area contributed by atoms with Crippen LogP contribution < -0.4 is 19.8 Å². The lowest BCUT2D eigenvalue weighted by Crippen LogP contribution is -2.23. The standard InChI is InChI=1S/C24H36O5/c1-6-7-8-9-10-11-12-13-17-27-21-18-15-14-16-19(29-24(2,3)4)20(18)28-23(25)22(21)26-5/h14-16H,6-13,17H2,1-5H3. The molecule has 0 saturated heterocycles. The normalized spacial score (nSPS) is 11.6. The number of unbranched alkanes of at least 4 members (excludes halogenated alkanes) is 7. The number of fused-ring (bicyclic) bond motifs is 1. The Kier molecular flexibility index (Phi) is 8.87. The van der Waals surface area contributed by atoms with Crippen molar-refractivity contribution in [1.82, 2.24) is 0 Å². The van der Waals surface area contributed by atoms with Crippen LogP contribution in [0.3, 0.4) is 0 Å². The second-order valence-electron chi connectivity index (χ2n) is 8.42. The Hall–Kier alpha value is -2.17. The molecular formula is C24H36O5. The first-order valence-electron chi connectivity index (χ1n) is 10.8. The first kappa shape index (κ1) is 23.1. The molecule has 0 radical (unpaired) electrons. The van der Waals surface area contributed by atoms with Crippen molar-refractivity contribution in [2.75, 3.05) is 13.7 Å². The van der Waals surface area contributed by atoms with Crippen LogP contribution in [0.1, 0.15) is 79.1 Å². The molecular weight excluding hydrogens is 368 g/mol. The van der Waals surface area contributed by atoms with Crippen molar-refractivity contribution in [2.24, 2.45) is 0 Å². The fourth-order valence-electron chi connectivity index (χ4n) is 3.29. The van der Waals surface area contributed by atoms with E-state index in [4.69, 9.17) is 18.6 Å². The highest BCUT2D eigenvalue weighted by atomic mass is 16.5. The van der Waals surface area contributed by atoms with Crippen molar-refractivity contribution < 1.29 is 18.6 Å². The third-order valence-electron chi connectivity index (χ3n) is 4.67. The van der Waals surface area contributed by atoms with Gasteiger partial charge in [0.25, 0.3) is 0 Å². The van der Waals surface area contributed by atoms with Gasteiger partial charge in [0.2, 0.25) is 5.75 Å². The van der Waals surface area contributed by atoms with Crippen molar-refractivity contribution in [3.8, 4) is 17.2 Å². The van der Waals surface area contributed by atoms with Gasteiger partial charge >= 0.3 is 5.63 Å². The van der Waals surface area contributed by atoms with E-state index in [0.29, 0.717) is 29.1 Å². The molecule has 162 valence electrons. The number of ether oxygens (including phenoxy) is 3. The number of hydrogen-bond acceptors (Lipinski definition) is 5. The molecule has 0 bridgehead atoms. The van der Waals surface area contributed by atoms with Gasteiger partial charge in [-0.05, 0) is 39.3 Å². The van der Waals surface area contributed by atoms with Gasteiger partial charge < -0.3 is 18.6 Å². The molecule has 29 heavy (non-hydrogen) atoms. The summed E-state index contributed by atoms with van der Waals surface area (Å²) < 4.78 is 22.8. The zero-order chi connectivity index (χ0) is 21.3. The summed E-state index contributed by atoms with van der Waals surface area (Å²) in [5, 5.41) is 0.683. The van der Waals surface area contributed by atoms with Crippen LogP contribution >= 0.6 is 0 Å². The molecule has 0 unspecified atom stereocenters. The summed E-state index contributed by atoms with van der Waals surface area (Å²) >= 11 is 0. The molecule has 0 N–H and O–H groups in total. The summed E-state index contributed by atoms with van der Waals surface area (Å²) in [7, 11) is 1.46. The summed E-state index contributed by atoms with van der Waals surface area (Å²) in [6.07, 6.45) is 9.78. The van der Waals surface area contributed by atoms with Gasteiger partial charge in [0, 0.05) is 0 Å². The Morgan fingerprint density at radius 2 is 1.59 bits per heavy atom. The minimum absolute atomic E-state index is 0.102. The van der Waals surface area contributed by atoms with E-state index in [0.717, 1.165) is 12.8 Å². The quantitative estimate of drug-likeness (QED) is 0.298. The first-order valence-corrected chi connectivity index (χ1v) is 10.8. The SMILES string of the molecule is CCCCCCCCCCOc1c(OC)c(=O)oc2c(OC(C)(C)C)cccc12. The predicted molar refractivity (Wildman–Crippen MR) is 118 cm³/mol. The number of methoxy groups -OCH3 is 1. The molecule has 1 aromatic carbocycles. The van der Waals surface area contributed by atoms with Crippen LogP contribution in [0.2, 0.25) is 0 Å². The van der Waals surface area contributed by atoms with Crippen LogP contribution in [-0.4, -0.2) is 19.3 Å². The first-order chi connectivity index (χ1) is 13.9. The van der Waals surface area contributed by atoms with Gasteiger partial charge in [0.1, 0.15) is 5.60 Å². The molecule has 0 spiro atoms. The van der Waals surface area contributed by atoms with Crippen molar-refractivity contribution in [2.45, 2.75) is 84.7 Å². The van der Waals surface area contributed by atoms with Crippen LogP contribution in [0.15, 0.2) is 27.4 Å². The molecule has 2 aromatic rings. The topological polar surface area (TPSA) is 57.9 Å². The average molecular weight is 405 g/mol. The molecule has 0 aliphatic heterocycles. The Morgan fingerprint density at radius 1 is 0.931 bits per heavy atom. The van der Waals surface area contributed by atoms with Gasteiger partial charge in [0.15, 0.2) is 17.1 Å². The fraction of sp³-hybridized carbons (Fsp3) is 0.625. The lowest BCUT2D eigenvalue weighted by atomic mass is 10.1. The molecule has 2 rings (SSSR count). The van der Waals surface area contributed by atoms with Crippen molar-refractivity contribution in [3.05, 3.63) is 28.6 Å². The van der Waals surface area contributed by atoms with Gasteiger partial charge in [-0.25, -0.2) is 4.79 Å². The zero-order valence-electron chi connectivity index (χ0n) is 18.6.